The number of imidazole rings is 1. The van der Waals surface area contributed by atoms with Gasteiger partial charge in [-0.05, 0) is 55.5 Å². The van der Waals surface area contributed by atoms with Gasteiger partial charge in [0.05, 0.1) is 17.6 Å². The van der Waals surface area contributed by atoms with Crippen molar-refractivity contribution < 1.29 is 9.18 Å². The molecule has 5 heteroatoms. The fraction of sp³-hybridized carbons (Fsp3) is 0.364. The van der Waals surface area contributed by atoms with E-state index in [0.29, 0.717) is 24.6 Å². The van der Waals surface area contributed by atoms with Crippen molar-refractivity contribution in [3.63, 3.8) is 0 Å². The predicted octanol–water partition coefficient (Wildman–Crippen LogP) is 4.64. The van der Waals surface area contributed by atoms with Gasteiger partial charge >= 0.3 is 0 Å². The third kappa shape index (κ3) is 3.87. The number of carbonyl (C=O) groups excluding carboxylic acids is 1. The second-order valence-corrected chi connectivity index (χ2v) is 7.31. The molecule has 1 aliphatic carbocycles. The van der Waals surface area contributed by atoms with E-state index in [9.17, 15) is 9.18 Å². The van der Waals surface area contributed by atoms with E-state index in [1.807, 2.05) is 25.1 Å². The number of fused-ring (bicyclic) bond motifs is 1. The van der Waals surface area contributed by atoms with Crippen LogP contribution in [0.5, 0.6) is 0 Å². The second kappa shape index (κ2) is 7.51. The Morgan fingerprint density at radius 3 is 2.78 bits per heavy atom. The van der Waals surface area contributed by atoms with Crippen LogP contribution in [-0.2, 0) is 13.1 Å². The molecule has 0 spiro atoms. The Kier molecular flexibility index (Phi) is 4.92. The first-order chi connectivity index (χ1) is 13.2. The quantitative estimate of drug-likeness (QED) is 0.612. The fourth-order valence-electron chi connectivity index (χ4n) is 3.51. The van der Waals surface area contributed by atoms with Crippen LogP contribution in [0.3, 0.4) is 0 Å². The van der Waals surface area contributed by atoms with E-state index < -0.39 is 5.82 Å². The number of nitrogens with zero attached hydrogens (tertiary/aromatic N) is 3. The zero-order chi connectivity index (χ0) is 18.8. The molecule has 1 fully saturated rings. The highest BCUT2D eigenvalue weighted by Crippen LogP contribution is 2.32. The van der Waals surface area contributed by atoms with Crippen LogP contribution in [-0.4, -0.2) is 26.9 Å². The standard InChI is InChI=1S/C22H24FN3O/c1-2-12-25(22(27)17-6-5-7-18(23)13-17)15-21-24-19-8-3-4-9-20(19)26(21)14-16-10-11-16/h3-9,13,16H,2,10-12,14-15H2,1H3. The number of para-hydroxylation sites is 2. The highest BCUT2D eigenvalue weighted by atomic mass is 19.1. The van der Waals surface area contributed by atoms with E-state index in [1.54, 1.807) is 17.0 Å². The maximum atomic E-state index is 13.6. The van der Waals surface area contributed by atoms with Gasteiger partial charge in [-0.1, -0.05) is 25.1 Å². The summed E-state index contributed by atoms with van der Waals surface area (Å²) in [6.07, 6.45) is 3.35. The molecule has 140 valence electrons. The predicted molar refractivity (Wildman–Crippen MR) is 104 cm³/mol. The summed E-state index contributed by atoms with van der Waals surface area (Å²) in [5.41, 5.74) is 2.46. The van der Waals surface area contributed by atoms with Crippen LogP contribution >= 0.6 is 0 Å². The molecule has 0 saturated heterocycles. The van der Waals surface area contributed by atoms with Crippen molar-refractivity contribution in [3.05, 3.63) is 65.7 Å². The molecule has 0 atom stereocenters. The van der Waals surface area contributed by atoms with Gasteiger partial charge in [0.2, 0.25) is 0 Å². The lowest BCUT2D eigenvalue weighted by Crippen LogP contribution is -2.32. The average molecular weight is 365 g/mol. The average Bonchev–Trinajstić information content (AvgIpc) is 3.43. The normalized spacial score (nSPS) is 13.9. The molecule has 0 unspecified atom stereocenters. The summed E-state index contributed by atoms with van der Waals surface area (Å²) < 4.78 is 15.8. The summed E-state index contributed by atoms with van der Waals surface area (Å²) in [7, 11) is 0. The lowest BCUT2D eigenvalue weighted by molar-refractivity contribution is 0.0736. The largest absolute Gasteiger partial charge is 0.331 e. The zero-order valence-electron chi connectivity index (χ0n) is 15.6. The Morgan fingerprint density at radius 1 is 1.22 bits per heavy atom. The van der Waals surface area contributed by atoms with Gasteiger partial charge in [-0.2, -0.15) is 0 Å². The minimum Gasteiger partial charge on any atom is -0.331 e. The van der Waals surface area contributed by atoms with Crippen LogP contribution in [0.1, 0.15) is 42.4 Å². The first-order valence-electron chi connectivity index (χ1n) is 9.64. The lowest BCUT2D eigenvalue weighted by atomic mass is 10.2. The van der Waals surface area contributed by atoms with Gasteiger partial charge in [-0.25, -0.2) is 9.37 Å². The van der Waals surface area contributed by atoms with Crippen LogP contribution in [0.2, 0.25) is 0 Å². The monoisotopic (exact) mass is 365 g/mol. The van der Waals surface area contributed by atoms with E-state index >= 15 is 0 Å². The van der Waals surface area contributed by atoms with Crippen molar-refractivity contribution in [2.75, 3.05) is 6.54 Å². The Morgan fingerprint density at radius 2 is 2.04 bits per heavy atom. The molecule has 1 saturated carbocycles. The molecule has 0 aliphatic heterocycles. The molecule has 1 amide bonds. The van der Waals surface area contributed by atoms with Gasteiger partial charge < -0.3 is 9.47 Å². The summed E-state index contributed by atoms with van der Waals surface area (Å²) in [5.74, 6) is 1.07. The molecule has 2 aromatic carbocycles. The third-order valence-corrected chi connectivity index (χ3v) is 5.06. The molecule has 4 rings (SSSR count). The zero-order valence-corrected chi connectivity index (χ0v) is 15.6. The molecular formula is C22H24FN3O. The number of halogens is 1. The van der Waals surface area contributed by atoms with Crippen molar-refractivity contribution >= 4 is 16.9 Å². The van der Waals surface area contributed by atoms with Gasteiger partial charge in [0.1, 0.15) is 11.6 Å². The fourth-order valence-corrected chi connectivity index (χ4v) is 3.51. The van der Waals surface area contributed by atoms with Crippen molar-refractivity contribution in [1.29, 1.82) is 0 Å². The second-order valence-electron chi connectivity index (χ2n) is 7.31. The molecule has 27 heavy (non-hydrogen) atoms. The summed E-state index contributed by atoms with van der Waals surface area (Å²) in [6.45, 7) is 4.04. The van der Waals surface area contributed by atoms with Gasteiger partial charge in [-0.3, -0.25) is 4.79 Å². The van der Waals surface area contributed by atoms with Crippen molar-refractivity contribution in [3.8, 4) is 0 Å². The Balaban J connectivity index is 1.66. The minimum absolute atomic E-state index is 0.152. The Bertz CT molecular complexity index is 961. The van der Waals surface area contributed by atoms with E-state index in [4.69, 9.17) is 4.98 Å². The highest BCUT2D eigenvalue weighted by molar-refractivity contribution is 5.94. The Labute approximate surface area is 158 Å². The summed E-state index contributed by atoms with van der Waals surface area (Å²) >= 11 is 0. The topological polar surface area (TPSA) is 38.1 Å². The van der Waals surface area contributed by atoms with Gasteiger partial charge in [0.15, 0.2) is 0 Å². The summed E-state index contributed by atoms with van der Waals surface area (Å²) in [4.78, 5) is 19.6. The first-order valence-corrected chi connectivity index (χ1v) is 9.64. The maximum absolute atomic E-state index is 13.6. The van der Waals surface area contributed by atoms with Crippen LogP contribution in [0.4, 0.5) is 4.39 Å². The molecule has 1 aliphatic rings. The van der Waals surface area contributed by atoms with Crippen molar-refractivity contribution in [2.45, 2.75) is 39.3 Å². The molecule has 4 nitrogen and oxygen atoms in total. The number of aromatic nitrogens is 2. The first kappa shape index (κ1) is 17.7. The highest BCUT2D eigenvalue weighted by Gasteiger charge is 2.25. The molecule has 1 aromatic heterocycles. The smallest absolute Gasteiger partial charge is 0.254 e. The number of rotatable bonds is 7. The summed E-state index contributed by atoms with van der Waals surface area (Å²) in [6, 6.07) is 14.0. The molecular weight excluding hydrogens is 341 g/mol. The number of benzene rings is 2. The number of hydrogen-bond donors (Lipinski definition) is 0. The van der Waals surface area contributed by atoms with Crippen molar-refractivity contribution in [1.82, 2.24) is 14.5 Å². The molecule has 0 N–H and O–H groups in total. The lowest BCUT2D eigenvalue weighted by Gasteiger charge is -2.22. The van der Waals surface area contributed by atoms with Crippen LogP contribution in [0.15, 0.2) is 48.5 Å². The van der Waals surface area contributed by atoms with Crippen LogP contribution < -0.4 is 0 Å². The third-order valence-electron chi connectivity index (χ3n) is 5.06. The SMILES string of the molecule is CCCN(Cc1nc2ccccc2n1CC1CC1)C(=O)c1cccc(F)c1. The number of carbonyl (C=O) groups is 1. The maximum Gasteiger partial charge on any atom is 0.254 e. The van der Waals surface area contributed by atoms with E-state index in [-0.39, 0.29) is 5.91 Å². The molecule has 1 heterocycles. The van der Waals surface area contributed by atoms with E-state index in [0.717, 1.165) is 29.8 Å². The molecule has 0 bridgehead atoms. The van der Waals surface area contributed by atoms with E-state index in [2.05, 4.69) is 10.6 Å². The van der Waals surface area contributed by atoms with Crippen molar-refractivity contribution in [2.24, 2.45) is 5.92 Å². The van der Waals surface area contributed by atoms with E-state index in [1.165, 1.54) is 25.0 Å². The van der Waals surface area contributed by atoms with Gasteiger partial charge in [0, 0.05) is 18.7 Å². The summed E-state index contributed by atoms with van der Waals surface area (Å²) in [5, 5.41) is 0. The van der Waals surface area contributed by atoms with Gasteiger partial charge in [-0.15, -0.1) is 0 Å². The van der Waals surface area contributed by atoms with Crippen LogP contribution in [0.25, 0.3) is 11.0 Å². The Hall–Kier alpha value is -2.69. The number of amides is 1. The number of hydrogen-bond acceptors (Lipinski definition) is 2. The molecule has 3 aromatic rings. The molecule has 0 radical (unpaired) electrons. The van der Waals surface area contributed by atoms with Crippen LogP contribution in [0, 0.1) is 11.7 Å². The van der Waals surface area contributed by atoms with Gasteiger partial charge in [0.25, 0.3) is 5.91 Å². The minimum atomic E-state index is -0.390.